The van der Waals surface area contributed by atoms with Crippen molar-refractivity contribution in [1.82, 2.24) is 15.8 Å². The minimum atomic E-state index is -0.305. The number of hydrogen-bond donors (Lipinski definition) is 2. The van der Waals surface area contributed by atoms with Gasteiger partial charge < -0.3 is 19.9 Å². The van der Waals surface area contributed by atoms with Crippen LogP contribution in [0, 0.1) is 19.7 Å². The number of guanidine groups is 1. The van der Waals surface area contributed by atoms with E-state index in [1.165, 1.54) is 12.1 Å². The lowest BCUT2D eigenvalue weighted by Gasteiger charge is -2.17. The molecule has 0 saturated heterocycles. The van der Waals surface area contributed by atoms with Gasteiger partial charge in [0.25, 0.3) is 0 Å². The Bertz CT molecular complexity index is 726. The van der Waals surface area contributed by atoms with Crippen molar-refractivity contribution >= 4 is 5.96 Å². The van der Waals surface area contributed by atoms with E-state index in [-0.39, 0.29) is 11.9 Å². The smallest absolute Gasteiger partial charge is 0.191 e. The molecule has 1 atom stereocenters. The topological polar surface area (TPSA) is 71.7 Å². The molecule has 0 spiro atoms. The maximum absolute atomic E-state index is 13.3. The Balaban J connectivity index is 1.90. The first-order valence-electron chi connectivity index (χ1n) is 9.39. The third-order valence-electron chi connectivity index (χ3n) is 4.20. The Morgan fingerprint density at radius 1 is 1.30 bits per heavy atom. The number of nitrogens with one attached hydrogen (secondary N) is 2. The Kier molecular flexibility index (Phi) is 8.10. The Morgan fingerprint density at radius 2 is 2.11 bits per heavy atom. The third-order valence-corrected chi connectivity index (χ3v) is 4.20. The highest BCUT2D eigenvalue weighted by Gasteiger charge is 2.11. The van der Waals surface area contributed by atoms with Gasteiger partial charge in [0.15, 0.2) is 5.96 Å². The number of halogens is 1. The van der Waals surface area contributed by atoms with Gasteiger partial charge in [-0.05, 0) is 45.7 Å². The molecule has 0 aliphatic carbocycles. The summed E-state index contributed by atoms with van der Waals surface area (Å²) in [6.45, 7) is 9.87. The van der Waals surface area contributed by atoms with Gasteiger partial charge in [-0.3, -0.25) is 0 Å². The van der Waals surface area contributed by atoms with Crippen LogP contribution in [-0.4, -0.2) is 36.9 Å². The van der Waals surface area contributed by atoms with Crippen LogP contribution in [0.4, 0.5) is 4.39 Å². The fraction of sp³-hybridized carbons (Fsp3) is 0.500. The van der Waals surface area contributed by atoms with E-state index < -0.39 is 0 Å². The lowest BCUT2D eigenvalue weighted by atomic mass is 10.1. The van der Waals surface area contributed by atoms with Gasteiger partial charge in [0, 0.05) is 24.7 Å². The van der Waals surface area contributed by atoms with E-state index >= 15 is 0 Å². The maximum Gasteiger partial charge on any atom is 0.191 e. The lowest BCUT2D eigenvalue weighted by molar-refractivity contribution is 0.205. The molecule has 2 aromatic rings. The third kappa shape index (κ3) is 6.58. The largest absolute Gasteiger partial charge is 0.488 e. The summed E-state index contributed by atoms with van der Waals surface area (Å²) >= 11 is 0. The summed E-state index contributed by atoms with van der Waals surface area (Å²) in [5.41, 5.74) is 2.05. The molecule has 7 heteroatoms. The van der Waals surface area contributed by atoms with Crippen molar-refractivity contribution in [2.45, 2.75) is 46.6 Å². The average Bonchev–Trinajstić information content (AvgIpc) is 2.97. The van der Waals surface area contributed by atoms with Crippen LogP contribution in [0.5, 0.6) is 5.75 Å². The number of rotatable bonds is 9. The maximum atomic E-state index is 13.3. The predicted molar refractivity (Wildman–Crippen MR) is 105 cm³/mol. The van der Waals surface area contributed by atoms with E-state index in [1.807, 2.05) is 27.7 Å². The van der Waals surface area contributed by atoms with Gasteiger partial charge in [-0.15, -0.1) is 0 Å². The standard InChI is InChI=1S/C20H29FN4O2/c1-5-17(26-18-9-7-8-16(21)12-18)13-24-20(22-6-2)23-11-10-19-14(3)25-27-15(19)4/h7-9,12,17H,5-6,10-11,13H2,1-4H3,(H2,22,23,24). The van der Waals surface area contributed by atoms with Crippen LogP contribution in [0.15, 0.2) is 33.8 Å². The van der Waals surface area contributed by atoms with E-state index in [1.54, 1.807) is 12.1 Å². The molecular weight excluding hydrogens is 347 g/mol. The molecule has 0 aliphatic rings. The second kappa shape index (κ2) is 10.5. The predicted octanol–water partition coefficient (Wildman–Crippen LogP) is 3.39. The van der Waals surface area contributed by atoms with Gasteiger partial charge in [-0.1, -0.05) is 18.1 Å². The highest BCUT2D eigenvalue weighted by atomic mass is 19.1. The first-order valence-corrected chi connectivity index (χ1v) is 9.39. The van der Waals surface area contributed by atoms with Gasteiger partial charge >= 0.3 is 0 Å². The second-order valence-electron chi connectivity index (χ2n) is 6.30. The quantitative estimate of drug-likeness (QED) is 0.518. The lowest BCUT2D eigenvalue weighted by Crippen LogP contribution is -2.39. The molecule has 1 aromatic carbocycles. The molecule has 27 heavy (non-hydrogen) atoms. The van der Waals surface area contributed by atoms with Gasteiger partial charge in [0.05, 0.1) is 12.2 Å². The molecule has 0 aliphatic heterocycles. The molecule has 2 rings (SSSR count). The summed E-state index contributed by atoms with van der Waals surface area (Å²) in [5.74, 6) is 1.80. The summed E-state index contributed by atoms with van der Waals surface area (Å²) in [6.07, 6.45) is 1.46. The van der Waals surface area contributed by atoms with Crippen LogP contribution < -0.4 is 15.4 Å². The molecule has 1 unspecified atom stereocenters. The van der Waals surface area contributed by atoms with E-state index in [9.17, 15) is 4.39 Å². The zero-order valence-electron chi connectivity index (χ0n) is 16.5. The number of ether oxygens (including phenoxy) is 1. The molecule has 0 radical (unpaired) electrons. The van der Waals surface area contributed by atoms with Crippen LogP contribution in [0.2, 0.25) is 0 Å². The van der Waals surface area contributed by atoms with Crippen molar-refractivity contribution < 1.29 is 13.7 Å². The second-order valence-corrected chi connectivity index (χ2v) is 6.30. The number of aromatic nitrogens is 1. The van der Waals surface area contributed by atoms with Gasteiger partial charge in [-0.2, -0.15) is 0 Å². The zero-order valence-corrected chi connectivity index (χ0v) is 16.5. The molecule has 6 nitrogen and oxygen atoms in total. The molecular formula is C20H29FN4O2. The number of nitrogens with zero attached hydrogens (tertiary/aromatic N) is 2. The molecule has 2 N–H and O–H groups in total. The highest BCUT2D eigenvalue weighted by molar-refractivity contribution is 5.79. The first-order chi connectivity index (χ1) is 13.0. The normalized spacial score (nSPS) is 12.7. The molecule has 0 fully saturated rings. The number of aryl methyl sites for hydroxylation is 2. The van der Waals surface area contributed by atoms with E-state index in [4.69, 9.17) is 9.26 Å². The summed E-state index contributed by atoms with van der Waals surface area (Å²) in [6, 6.07) is 6.18. The summed E-state index contributed by atoms with van der Waals surface area (Å²) in [4.78, 5) is 4.60. The van der Waals surface area contributed by atoms with Crippen molar-refractivity contribution in [3.05, 3.63) is 47.1 Å². The highest BCUT2D eigenvalue weighted by Crippen LogP contribution is 2.15. The molecule has 1 heterocycles. The molecule has 0 bridgehead atoms. The monoisotopic (exact) mass is 376 g/mol. The Morgan fingerprint density at radius 3 is 2.74 bits per heavy atom. The summed E-state index contributed by atoms with van der Waals surface area (Å²) < 4.78 is 24.3. The Hall–Kier alpha value is -2.57. The van der Waals surface area contributed by atoms with Crippen LogP contribution in [0.25, 0.3) is 0 Å². The molecule has 0 amide bonds. The van der Waals surface area contributed by atoms with Gasteiger partial charge in [-0.25, -0.2) is 9.38 Å². The van der Waals surface area contributed by atoms with Crippen LogP contribution in [-0.2, 0) is 6.42 Å². The number of aliphatic imine (C=N–C) groups is 1. The fourth-order valence-electron chi connectivity index (χ4n) is 2.68. The SMILES string of the molecule is CCNC(=NCC(CC)Oc1cccc(F)c1)NCCc1c(C)noc1C. The molecule has 1 aromatic heterocycles. The fourth-order valence-corrected chi connectivity index (χ4v) is 2.68. The van der Waals surface area contributed by atoms with Crippen molar-refractivity contribution in [1.29, 1.82) is 0 Å². The summed E-state index contributed by atoms with van der Waals surface area (Å²) in [7, 11) is 0. The number of hydrogen-bond acceptors (Lipinski definition) is 4. The van der Waals surface area contributed by atoms with Gasteiger partial charge in [0.2, 0.25) is 0 Å². The van der Waals surface area contributed by atoms with Crippen molar-refractivity contribution in [2.24, 2.45) is 4.99 Å². The number of benzene rings is 1. The molecule has 0 saturated carbocycles. The Labute approximate surface area is 160 Å². The zero-order chi connectivity index (χ0) is 19.6. The van der Waals surface area contributed by atoms with Crippen LogP contribution in [0.1, 0.15) is 37.3 Å². The van der Waals surface area contributed by atoms with Crippen molar-refractivity contribution in [3.63, 3.8) is 0 Å². The molecule has 148 valence electrons. The van der Waals surface area contributed by atoms with Crippen LogP contribution >= 0.6 is 0 Å². The van der Waals surface area contributed by atoms with Crippen molar-refractivity contribution in [3.8, 4) is 5.75 Å². The van der Waals surface area contributed by atoms with Gasteiger partial charge in [0.1, 0.15) is 23.4 Å². The minimum absolute atomic E-state index is 0.121. The van der Waals surface area contributed by atoms with Crippen LogP contribution in [0.3, 0.4) is 0 Å². The first kappa shape index (κ1) is 20.7. The van der Waals surface area contributed by atoms with E-state index in [2.05, 4.69) is 20.8 Å². The average molecular weight is 376 g/mol. The summed E-state index contributed by atoms with van der Waals surface area (Å²) in [5, 5.41) is 10.5. The van der Waals surface area contributed by atoms with Crippen molar-refractivity contribution in [2.75, 3.05) is 19.6 Å². The van der Waals surface area contributed by atoms with E-state index in [0.29, 0.717) is 12.3 Å². The van der Waals surface area contributed by atoms with E-state index in [0.717, 1.165) is 48.9 Å². The minimum Gasteiger partial charge on any atom is -0.488 e.